The molecule has 0 aliphatic rings. The van der Waals surface area contributed by atoms with Crippen molar-refractivity contribution in [1.29, 1.82) is 0 Å². The molecule has 1 amide bonds. The van der Waals surface area contributed by atoms with E-state index in [1.807, 2.05) is 30.3 Å². The summed E-state index contributed by atoms with van der Waals surface area (Å²) in [6.45, 7) is 0. The first-order valence-corrected chi connectivity index (χ1v) is 10.3. The first kappa shape index (κ1) is 21.0. The molecule has 0 spiro atoms. The summed E-state index contributed by atoms with van der Waals surface area (Å²) in [6.07, 6.45) is 3.20. The molecule has 5 rings (SSSR count). The molecule has 166 valence electrons. The quantitative estimate of drug-likeness (QED) is 0.359. The van der Waals surface area contributed by atoms with Crippen LogP contribution >= 0.6 is 0 Å². The Hall–Kier alpha value is -4.92. The largest absolute Gasteiger partial charge is 0.403 e. The van der Waals surface area contributed by atoms with Gasteiger partial charge in [0.1, 0.15) is 5.82 Å². The van der Waals surface area contributed by atoms with Gasteiger partial charge in [0, 0.05) is 34.8 Å². The van der Waals surface area contributed by atoms with Gasteiger partial charge in [0.2, 0.25) is 11.8 Å². The average Bonchev–Trinajstić information content (AvgIpc) is 3.34. The van der Waals surface area contributed by atoms with Crippen molar-refractivity contribution in [3.05, 3.63) is 103 Å². The third-order valence-electron chi connectivity index (χ3n) is 4.86. The van der Waals surface area contributed by atoms with E-state index in [0.717, 1.165) is 5.56 Å². The third-order valence-corrected chi connectivity index (χ3v) is 4.86. The highest BCUT2D eigenvalue weighted by atomic mass is 19.1. The molecule has 0 aliphatic carbocycles. The van der Waals surface area contributed by atoms with Gasteiger partial charge in [0.15, 0.2) is 0 Å². The molecule has 0 radical (unpaired) electrons. The number of aromatic nitrogens is 4. The van der Waals surface area contributed by atoms with E-state index in [4.69, 9.17) is 4.42 Å². The van der Waals surface area contributed by atoms with Crippen molar-refractivity contribution >= 4 is 23.6 Å². The Morgan fingerprint density at radius 3 is 2.35 bits per heavy atom. The minimum atomic E-state index is -0.408. The first-order chi connectivity index (χ1) is 16.6. The molecule has 2 heterocycles. The molecule has 9 heteroatoms. The summed E-state index contributed by atoms with van der Waals surface area (Å²) in [5, 5.41) is 13.5. The van der Waals surface area contributed by atoms with Crippen LogP contribution in [0, 0.1) is 5.82 Å². The zero-order chi connectivity index (χ0) is 23.3. The summed E-state index contributed by atoms with van der Waals surface area (Å²) in [7, 11) is 0. The molecule has 0 aliphatic heterocycles. The van der Waals surface area contributed by atoms with E-state index >= 15 is 0 Å². The molecule has 3 aromatic carbocycles. The van der Waals surface area contributed by atoms with Gasteiger partial charge in [-0.2, -0.15) is 0 Å². The van der Waals surface area contributed by atoms with Gasteiger partial charge in [-0.1, -0.05) is 41.5 Å². The lowest BCUT2D eigenvalue weighted by Crippen LogP contribution is -2.12. The summed E-state index contributed by atoms with van der Waals surface area (Å²) < 4.78 is 19.0. The summed E-state index contributed by atoms with van der Waals surface area (Å²) in [5.74, 6) is -0.0897. The maximum absolute atomic E-state index is 13.4. The van der Waals surface area contributed by atoms with Gasteiger partial charge in [-0.3, -0.25) is 10.1 Å². The molecule has 0 atom stereocenters. The number of benzene rings is 3. The predicted molar refractivity (Wildman–Crippen MR) is 125 cm³/mol. The number of amides is 1. The zero-order valence-electron chi connectivity index (χ0n) is 17.6. The summed E-state index contributed by atoms with van der Waals surface area (Å²) in [6, 6.07) is 22.3. The van der Waals surface area contributed by atoms with Crippen LogP contribution in [-0.2, 0) is 0 Å². The minimum Gasteiger partial charge on any atom is -0.403 e. The lowest BCUT2D eigenvalue weighted by Gasteiger charge is -2.08. The van der Waals surface area contributed by atoms with Crippen LogP contribution in [0.5, 0.6) is 0 Å². The fourth-order valence-corrected chi connectivity index (χ4v) is 3.22. The van der Waals surface area contributed by atoms with E-state index in [2.05, 4.69) is 30.8 Å². The van der Waals surface area contributed by atoms with Gasteiger partial charge in [0.05, 0.1) is 0 Å². The fourth-order valence-electron chi connectivity index (χ4n) is 3.22. The van der Waals surface area contributed by atoms with Gasteiger partial charge in [0.25, 0.3) is 5.91 Å². The van der Waals surface area contributed by atoms with Gasteiger partial charge >= 0.3 is 6.01 Å². The lowest BCUT2D eigenvalue weighted by atomic mass is 10.1. The van der Waals surface area contributed by atoms with Crippen LogP contribution in [0.3, 0.4) is 0 Å². The molecule has 0 saturated heterocycles. The van der Waals surface area contributed by atoms with E-state index < -0.39 is 5.91 Å². The van der Waals surface area contributed by atoms with E-state index in [-0.39, 0.29) is 11.8 Å². The molecule has 5 aromatic rings. The molecular weight excluding hydrogens is 435 g/mol. The number of nitrogens with zero attached hydrogens (tertiary/aromatic N) is 4. The van der Waals surface area contributed by atoms with E-state index in [0.29, 0.717) is 34.2 Å². The smallest absolute Gasteiger partial charge is 0.322 e. The van der Waals surface area contributed by atoms with Gasteiger partial charge in [-0.25, -0.2) is 14.4 Å². The third kappa shape index (κ3) is 4.78. The molecule has 0 saturated carbocycles. The van der Waals surface area contributed by atoms with Gasteiger partial charge in [-0.15, -0.1) is 5.10 Å². The summed E-state index contributed by atoms with van der Waals surface area (Å²) in [5.41, 5.74) is 3.11. The molecule has 2 N–H and O–H groups in total. The monoisotopic (exact) mass is 452 g/mol. The maximum atomic E-state index is 13.4. The first-order valence-electron chi connectivity index (χ1n) is 10.3. The average molecular weight is 452 g/mol. The van der Waals surface area contributed by atoms with Crippen molar-refractivity contribution in [3.63, 3.8) is 0 Å². The van der Waals surface area contributed by atoms with Crippen LogP contribution in [-0.4, -0.2) is 26.1 Å². The van der Waals surface area contributed by atoms with E-state index in [9.17, 15) is 9.18 Å². The van der Waals surface area contributed by atoms with E-state index in [1.54, 1.807) is 48.8 Å². The van der Waals surface area contributed by atoms with Gasteiger partial charge < -0.3 is 9.73 Å². The number of halogens is 1. The second kappa shape index (κ2) is 9.29. The highest BCUT2D eigenvalue weighted by Gasteiger charge is 2.13. The number of anilines is 3. The standard InChI is InChI=1S/C25H17FN6O2/c26-20-10-4-8-17(12-20)19-14-27-24(28-15-19)29-21-11-5-9-18(13-21)22(33)30-25-32-31-23(34-25)16-6-2-1-3-7-16/h1-15H,(H,27,28,29)(H,30,32,33). The molecule has 2 aromatic heterocycles. The normalized spacial score (nSPS) is 10.6. The van der Waals surface area contributed by atoms with E-state index in [1.165, 1.54) is 12.1 Å². The van der Waals surface area contributed by atoms with Crippen LogP contribution < -0.4 is 10.6 Å². The lowest BCUT2D eigenvalue weighted by molar-refractivity contribution is 0.102. The molecule has 0 unspecified atom stereocenters. The van der Waals surface area contributed by atoms with Crippen LogP contribution in [0.4, 0.5) is 22.0 Å². The topological polar surface area (TPSA) is 106 Å². The Labute approximate surface area is 193 Å². The maximum Gasteiger partial charge on any atom is 0.322 e. The van der Waals surface area contributed by atoms with Crippen molar-refractivity contribution in [2.75, 3.05) is 10.6 Å². The van der Waals surface area contributed by atoms with Gasteiger partial charge in [-0.05, 0) is 48.0 Å². The Morgan fingerprint density at radius 2 is 1.56 bits per heavy atom. The second-order valence-electron chi connectivity index (χ2n) is 7.24. The molecular formula is C25H17FN6O2. The molecule has 34 heavy (non-hydrogen) atoms. The highest BCUT2D eigenvalue weighted by Crippen LogP contribution is 2.22. The summed E-state index contributed by atoms with van der Waals surface area (Å²) >= 11 is 0. The van der Waals surface area contributed by atoms with Crippen molar-refractivity contribution in [3.8, 4) is 22.6 Å². The van der Waals surface area contributed by atoms with Crippen molar-refractivity contribution in [2.45, 2.75) is 0 Å². The predicted octanol–water partition coefficient (Wildman–Crippen LogP) is 5.33. The Morgan fingerprint density at radius 1 is 0.794 bits per heavy atom. The van der Waals surface area contributed by atoms with Crippen LogP contribution in [0.1, 0.15) is 10.4 Å². The minimum absolute atomic E-state index is 0.00140. The molecule has 0 bridgehead atoms. The second-order valence-corrected chi connectivity index (χ2v) is 7.24. The number of rotatable bonds is 6. The number of hydrogen-bond acceptors (Lipinski definition) is 7. The fraction of sp³-hybridized carbons (Fsp3) is 0. The zero-order valence-corrected chi connectivity index (χ0v) is 17.6. The van der Waals surface area contributed by atoms with Crippen LogP contribution in [0.2, 0.25) is 0 Å². The Balaban J connectivity index is 1.26. The SMILES string of the molecule is O=C(Nc1nnc(-c2ccccc2)o1)c1cccc(Nc2ncc(-c3cccc(F)c3)cn2)c1. The van der Waals surface area contributed by atoms with Crippen LogP contribution in [0.25, 0.3) is 22.6 Å². The van der Waals surface area contributed by atoms with Crippen LogP contribution in [0.15, 0.2) is 95.7 Å². The number of hydrogen-bond donors (Lipinski definition) is 2. The van der Waals surface area contributed by atoms with Crippen molar-refractivity contribution in [1.82, 2.24) is 20.2 Å². The molecule has 0 fully saturated rings. The van der Waals surface area contributed by atoms with Crippen molar-refractivity contribution in [2.24, 2.45) is 0 Å². The van der Waals surface area contributed by atoms with Crippen molar-refractivity contribution < 1.29 is 13.6 Å². The summed E-state index contributed by atoms with van der Waals surface area (Å²) in [4.78, 5) is 21.2. The number of nitrogens with one attached hydrogen (secondary N) is 2. The Bertz CT molecular complexity index is 1440. The highest BCUT2D eigenvalue weighted by molar-refractivity contribution is 6.03. The number of carbonyl (C=O) groups is 1. The number of carbonyl (C=O) groups excluding carboxylic acids is 1. The molecule has 8 nitrogen and oxygen atoms in total. The Kier molecular flexibility index (Phi) is 5.73.